The topological polar surface area (TPSA) is 35.2 Å². The Kier molecular flexibility index (Phi) is 5.83. The van der Waals surface area contributed by atoms with E-state index in [1.54, 1.807) is 0 Å². The Labute approximate surface area is 85.6 Å². The second-order valence-electron chi connectivity index (χ2n) is 3.71. The highest BCUT2D eigenvalue weighted by Gasteiger charge is 2.16. The van der Waals surface area contributed by atoms with Crippen molar-refractivity contribution in [2.45, 2.75) is 32.2 Å². The monoisotopic (exact) mass is 203 g/mol. The van der Waals surface area contributed by atoms with Gasteiger partial charge in [-0.15, -0.1) is 0 Å². The van der Waals surface area contributed by atoms with Crippen LogP contribution in [-0.2, 0) is 4.74 Å². The normalized spacial score (nSPS) is 21.7. The molecule has 0 radical (unpaired) electrons. The average molecular weight is 203 g/mol. The maximum atomic E-state index is 6.03. The van der Waals surface area contributed by atoms with E-state index in [9.17, 15) is 0 Å². The van der Waals surface area contributed by atoms with Gasteiger partial charge in [-0.3, -0.25) is 0 Å². The van der Waals surface area contributed by atoms with Crippen LogP contribution in [0.25, 0.3) is 0 Å². The molecule has 2 N–H and O–H groups in total. The molecule has 0 saturated carbocycles. The standard InChI is InChI=1S/C10H21NOS/c1-2-13-8-10(11)7-9-3-5-12-6-4-9/h9-10H,2-8,11H2,1H3. The van der Waals surface area contributed by atoms with E-state index in [2.05, 4.69) is 6.92 Å². The number of thioether (sulfide) groups is 1. The molecule has 13 heavy (non-hydrogen) atoms. The fourth-order valence-electron chi connectivity index (χ4n) is 1.75. The molecule has 1 fully saturated rings. The van der Waals surface area contributed by atoms with Crippen LogP contribution in [0.5, 0.6) is 0 Å². The van der Waals surface area contributed by atoms with E-state index in [0.717, 1.165) is 24.9 Å². The molecule has 78 valence electrons. The number of hydrogen-bond donors (Lipinski definition) is 1. The Morgan fingerprint density at radius 2 is 2.15 bits per heavy atom. The summed E-state index contributed by atoms with van der Waals surface area (Å²) >= 11 is 1.95. The zero-order valence-electron chi connectivity index (χ0n) is 8.50. The molecule has 0 amide bonds. The summed E-state index contributed by atoms with van der Waals surface area (Å²) in [7, 11) is 0. The van der Waals surface area contributed by atoms with Crippen molar-refractivity contribution in [1.29, 1.82) is 0 Å². The Morgan fingerprint density at radius 1 is 1.46 bits per heavy atom. The molecule has 0 aromatic rings. The highest BCUT2D eigenvalue weighted by atomic mass is 32.2. The predicted octanol–water partition coefficient (Wildman–Crippen LogP) is 1.88. The van der Waals surface area contributed by atoms with Crippen LogP contribution in [-0.4, -0.2) is 30.8 Å². The van der Waals surface area contributed by atoms with Gasteiger partial charge in [0.25, 0.3) is 0 Å². The average Bonchev–Trinajstić information content (AvgIpc) is 2.16. The largest absolute Gasteiger partial charge is 0.381 e. The first kappa shape index (κ1) is 11.3. The van der Waals surface area contributed by atoms with Crippen molar-refractivity contribution in [2.24, 2.45) is 11.7 Å². The molecule has 1 heterocycles. The Morgan fingerprint density at radius 3 is 2.77 bits per heavy atom. The fourth-order valence-corrected chi connectivity index (χ4v) is 2.42. The quantitative estimate of drug-likeness (QED) is 0.741. The second-order valence-corrected chi connectivity index (χ2v) is 5.03. The third-order valence-corrected chi connectivity index (χ3v) is 3.59. The lowest BCUT2D eigenvalue weighted by Crippen LogP contribution is -2.29. The number of rotatable bonds is 5. The summed E-state index contributed by atoms with van der Waals surface area (Å²) in [5.74, 6) is 3.12. The molecule has 0 aromatic carbocycles. The van der Waals surface area contributed by atoms with Gasteiger partial charge >= 0.3 is 0 Å². The number of ether oxygens (including phenoxy) is 1. The maximum absolute atomic E-state index is 6.03. The molecule has 1 atom stereocenters. The third-order valence-electron chi connectivity index (χ3n) is 2.51. The lowest BCUT2D eigenvalue weighted by atomic mass is 9.93. The number of hydrogen-bond acceptors (Lipinski definition) is 3. The minimum absolute atomic E-state index is 0.396. The zero-order chi connectivity index (χ0) is 9.52. The molecule has 0 aliphatic carbocycles. The van der Waals surface area contributed by atoms with Gasteiger partial charge in [-0.2, -0.15) is 11.8 Å². The first-order valence-electron chi connectivity index (χ1n) is 5.24. The molecule has 0 bridgehead atoms. The summed E-state index contributed by atoms with van der Waals surface area (Å²) in [6.07, 6.45) is 3.62. The van der Waals surface area contributed by atoms with Crippen LogP contribution < -0.4 is 5.73 Å². The summed E-state index contributed by atoms with van der Waals surface area (Å²) in [6.45, 7) is 4.07. The van der Waals surface area contributed by atoms with Gasteiger partial charge in [-0.05, 0) is 30.9 Å². The van der Waals surface area contributed by atoms with Crippen LogP contribution in [0.2, 0.25) is 0 Å². The van der Waals surface area contributed by atoms with Crippen molar-refractivity contribution in [1.82, 2.24) is 0 Å². The van der Waals surface area contributed by atoms with Crippen LogP contribution in [0, 0.1) is 5.92 Å². The minimum atomic E-state index is 0.396. The Bertz CT molecular complexity index is 126. The summed E-state index contributed by atoms with van der Waals surface area (Å²) in [4.78, 5) is 0. The van der Waals surface area contributed by atoms with E-state index in [-0.39, 0.29) is 0 Å². The highest BCUT2D eigenvalue weighted by Crippen LogP contribution is 2.20. The Balaban J connectivity index is 2.07. The van der Waals surface area contributed by atoms with Crippen LogP contribution in [0.4, 0.5) is 0 Å². The number of nitrogens with two attached hydrogens (primary N) is 1. The lowest BCUT2D eigenvalue weighted by Gasteiger charge is -2.24. The summed E-state index contributed by atoms with van der Waals surface area (Å²) in [5, 5.41) is 0. The zero-order valence-corrected chi connectivity index (χ0v) is 9.31. The summed E-state index contributed by atoms with van der Waals surface area (Å²) in [5.41, 5.74) is 6.03. The van der Waals surface area contributed by atoms with E-state index < -0.39 is 0 Å². The second kappa shape index (κ2) is 6.68. The van der Waals surface area contributed by atoms with Crippen LogP contribution in [0.3, 0.4) is 0 Å². The smallest absolute Gasteiger partial charge is 0.0468 e. The van der Waals surface area contributed by atoms with Gasteiger partial charge in [0.1, 0.15) is 0 Å². The van der Waals surface area contributed by atoms with Crippen molar-refractivity contribution in [3.05, 3.63) is 0 Å². The Hall–Kier alpha value is 0.270. The van der Waals surface area contributed by atoms with Crippen molar-refractivity contribution in [3.63, 3.8) is 0 Å². The van der Waals surface area contributed by atoms with Crippen LogP contribution in [0.1, 0.15) is 26.2 Å². The molecule has 0 aromatic heterocycles. The van der Waals surface area contributed by atoms with Gasteiger partial charge in [0.05, 0.1) is 0 Å². The van der Waals surface area contributed by atoms with Crippen molar-refractivity contribution in [2.75, 3.05) is 24.7 Å². The highest BCUT2D eigenvalue weighted by molar-refractivity contribution is 7.99. The van der Waals surface area contributed by atoms with Gasteiger partial charge < -0.3 is 10.5 Å². The van der Waals surface area contributed by atoms with E-state index in [1.165, 1.54) is 25.0 Å². The SMILES string of the molecule is CCSCC(N)CC1CCOCC1. The molecular formula is C10H21NOS. The first-order chi connectivity index (χ1) is 6.33. The van der Waals surface area contributed by atoms with Crippen molar-refractivity contribution >= 4 is 11.8 Å². The molecule has 1 rings (SSSR count). The summed E-state index contributed by atoms with van der Waals surface area (Å²) in [6, 6.07) is 0.396. The van der Waals surface area contributed by atoms with Crippen molar-refractivity contribution in [3.8, 4) is 0 Å². The van der Waals surface area contributed by atoms with Crippen LogP contribution >= 0.6 is 11.8 Å². The van der Waals surface area contributed by atoms with Crippen molar-refractivity contribution < 1.29 is 4.74 Å². The molecule has 2 nitrogen and oxygen atoms in total. The molecular weight excluding hydrogens is 182 g/mol. The van der Waals surface area contributed by atoms with Gasteiger partial charge in [0.15, 0.2) is 0 Å². The molecule has 1 unspecified atom stereocenters. The maximum Gasteiger partial charge on any atom is 0.0468 e. The van der Waals surface area contributed by atoms with Gasteiger partial charge in [-0.25, -0.2) is 0 Å². The molecule has 3 heteroatoms. The fraction of sp³-hybridized carbons (Fsp3) is 1.00. The first-order valence-corrected chi connectivity index (χ1v) is 6.39. The van der Waals surface area contributed by atoms with Gasteiger partial charge in [0.2, 0.25) is 0 Å². The molecule has 1 saturated heterocycles. The van der Waals surface area contributed by atoms with E-state index in [1.807, 2.05) is 11.8 Å². The third kappa shape index (κ3) is 4.89. The van der Waals surface area contributed by atoms with E-state index in [4.69, 9.17) is 10.5 Å². The minimum Gasteiger partial charge on any atom is -0.381 e. The molecule has 0 spiro atoms. The lowest BCUT2D eigenvalue weighted by molar-refractivity contribution is 0.0625. The molecule has 1 aliphatic rings. The van der Waals surface area contributed by atoms with Gasteiger partial charge in [-0.1, -0.05) is 6.92 Å². The van der Waals surface area contributed by atoms with E-state index >= 15 is 0 Å². The van der Waals surface area contributed by atoms with E-state index in [0.29, 0.717) is 6.04 Å². The summed E-state index contributed by atoms with van der Waals surface area (Å²) < 4.78 is 5.32. The van der Waals surface area contributed by atoms with Gasteiger partial charge in [0, 0.05) is 25.0 Å². The van der Waals surface area contributed by atoms with Crippen LogP contribution in [0.15, 0.2) is 0 Å². The molecule has 1 aliphatic heterocycles. The predicted molar refractivity (Wildman–Crippen MR) is 59.1 cm³/mol.